The van der Waals surface area contributed by atoms with Gasteiger partial charge >= 0.3 is 0 Å². The maximum atomic E-state index is 8.31. The van der Waals surface area contributed by atoms with Gasteiger partial charge in [0.1, 0.15) is 5.82 Å². The molecule has 0 unspecified atom stereocenters. The molecule has 11 heavy (non-hydrogen) atoms. The average Bonchev–Trinajstić information content (AvgIpc) is 2.48. The number of nitriles is 1. The van der Waals surface area contributed by atoms with E-state index in [4.69, 9.17) is 5.26 Å². The molecule has 0 atom stereocenters. The Morgan fingerprint density at radius 3 is 3.09 bits per heavy atom. The first-order valence-electron chi connectivity index (χ1n) is 3.76. The van der Waals surface area contributed by atoms with E-state index < -0.39 is 0 Å². The van der Waals surface area contributed by atoms with Crippen molar-refractivity contribution in [3.8, 4) is 6.07 Å². The lowest BCUT2D eigenvalue weighted by atomic mass is 10.3. The molecule has 0 aliphatic rings. The van der Waals surface area contributed by atoms with Crippen LogP contribution in [0.15, 0.2) is 6.20 Å². The lowest BCUT2D eigenvalue weighted by molar-refractivity contribution is 0.931. The first-order valence-corrected chi connectivity index (χ1v) is 3.76. The van der Waals surface area contributed by atoms with Crippen LogP contribution in [-0.4, -0.2) is 9.97 Å². The van der Waals surface area contributed by atoms with Gasteiger partial charge in [0.15, 0.2) is 0 Å². The molecule has 0 fully saturated rings. The van der Waals surface area contributed by atoms with Gasteiger partial charge < -0.3 is 4.98 Å². The van der Waals surface area contributed by atoms with Crippen molar-refractivity contribution < 1.29 is 0 Å². The molecule has 0 saturated heterocycles. The lowest BCUT2D eigenvalue weighted by Crippen LogP contribution is -1.85. The highest BCUT2D eigenvalue weighted by Crippen LogP contribution is 2.00. The van der Waals surface area contributed by atoms with E-state index in [9.17, 15) is 0 Å². The minimum atomic E-state index is 0.561. The Morgan fingerprint density at radius 2 is 2.55 bits per heavy atom. The van der Waals surface area contributed by atoms with Crippen molar-refractivity contribution in [3.05, 3.63) is 17.7 Å². The molecule has 1 rings (SSSR count). The van der Waals surface area contributed by atoms with Gasteiger partial charge in [-0.1, -0.05) is 6.92 Å². The van der Waals surface area contributed by atoms with Crippen molar-refractivity contribution >= 4 is 0 Å². The second-order valence-corrected chi connectivity index (χ2v) is 2.37. The van der Waals surface area contributed by atoms with Gasteiger partial charge in [-0.15, -0.1) is 0 Å². The Morgan fingerprint density at radius 1 is 1.73 bits per heavy atom. The molecule has 0 bridgehead atoms. The summed E-state index contributed by atoms with van der Waals surface area (Å²) >= 11 is 0. The van der Waals surface area contributed by atoms with Gasteiger partial charge in [0.05, 0.1) is 6.07 Å². The molecule has 58 valence electrons. The second kappa shape index (κ2) is 3.77. The van der Waals surface area contributed by atoms with Gasteiger partial charge in [-0.3, -0.25) is 0 Å². The molecule has 0 amide bonds. The van der Waals surface area contributed by atoms with Crippen molar-refractivity contribution in [1.82, 2.24) is 9.97 Å². The summed E-state index contributed by atoms with van der Waals surface area (Å²) in [5.74, 6) is 0.998. The van der Waals surface area contributed by atoms with Crippen LogP contribution in [0.3, 0.4) is 0 Å². The number of hydrogen-bond donors (Lipinski definition) is 1. The number of aromatic nitrogens is 2. The third-order valence-corrected chi connectivity index (χ3v) is 1.52. The minimum Gasteiger partial charge on any atom is -0.346 e. The van der Waals surface area contributed by atoms with E-state index in [1.807, 2.05) is 6.92 Å². The van der Waals surface area contributed by atoms with Crippen LogP contribution in [0.5, 0.6) is 0 Å². The summed E-state index contributed by atoms with van der Waals surface area (Å²) in [4.78, 5) is 7.26. The molecular weight excluding hydrogens is 138 g/mol. The van der Waals surface area contributed by atoms with Crippen LogP contribution < -0.4 is 0 Å². The number of imidazole rings is 1. The number of nitrogens with zero attached hydrogens (tertiary/aromatic N) is 2. The highest BCUT2D eigenvalue weighted by atomic mass is 14.9. The zero-order valence-electron chi connectivity index (χ0n) is 6.59. The Kier molecular flexibility index (Phi) is 2.67. The molecular formula is C8H11N3. The van der Waals surface area contributed by atoms with E-state index >= 15 is 0 Å². The van der Waals surface area contributed by atoms with Crippen molar-refractivity contribution in [2.45, 2.75) is 26.2 Å². The first-order chi connectivity index (χ1) is 5.36. The fourth-order valence-electron chi connectivity index (χ4n) is 0.903. The maximum Gasteiger partial charge on any atom is 0.105 e. The molecule has 0 aliphatic heterocycles. The van der Waals surface area contributed by atoms with Crippen LogP contribution in [0.1, 0.15) is 24.9 Å². The van der Waals surface area contributed by atoms with Crippen molar-refractivity contribution in [2.75, 3.05) is 0 Å². The number of nitrogens with one attached hydrogen (secondary N) is 1. The van der Waals surface area contributed by atoms with E-state index in [0.29, 0.717) is 6.42 Å². The summed E-state index contributed by atoms with van der Waals surface area (Å²) < 4.78 is 0. The highest BCUT2D eigenvalue weighted by Gasteiger charge is 1.96. The van der Waals surface area contributed by atoms with E-state index in [-0.39, 0.29) is 0 Å². The fourth-order valence-corrected chi connectivity index (χ4v) is 0.903. The highest BCUT2D eigenvalue weighted by molar-refractivity contribution is 5.02. The lowest BCUT2D eigenvalue weighted by Gasteiger charge is -1.88. The van der Waals surface area contributed by atoms with Crippen LogP contribution in [0, 0.1) is 11.3 Å². The second-order valence-electron chi connectivity index (χ2n) is 2.37. The van der Waals surface area contributed by atoms with Crippen LogP contribution in [0.25, 0.3) is 0 Å². The normalized spacial score (nSPS) is 9.45. The summed E-state index contributed by atoms with van der Waals surface area (Å²) in [5, 5.41) is 8.31. The third kappa shape index (κ3) is 2.08. The molecule has 1 aromatic rings. The quantitative estimate of drug-likeness (QED) is 0.706. The average molecular weight is 149 g/mol. The zero-order valence-corrected chi connectivity index (χ0v) is 6.59. The fraction of sp³-hybridized carbons (Fsp3) is 0.500. The van der Waals surface area contributed by atoms with Crippen molar-refractivity contribution in [1.29, 1.82) is 5.26 Å². The number of rotatable bonds is 3. The van der Waals surface area contributed by atoms with Crippen LogP contribution in [0.4, 0.5) is 0 Å². The molecule has 3 heteroatoms. The number of aromatic amines is 1. The van der Waals surface area contributed by atoms with Gasteiger partial charge in [0.25, 0.3) is 0 Å². The van der Waals surface area contributed by atoms with Gasteiger partial charge in [-0.2, -0.15) is 5.26 Å². The largest absolute Gasteiger partial charge is 0.346 e. The SMILES string of the molecule is CCc1ncc(CCC#N)[nH]1. The van der Waals surface area contributed by atoms with E-state index in [0.717, 1.165) is 24.4 Å². The predicted octanol–water partition coefficient (Wildman–Crippen LogP) is 1.43. The third-order valence-electron chi connectivity index (χ3n) is 1.52. The molecule has 1 aromatic heterocycles. The summed E-state index contributed by atoms with van der Waals surface area (Å²) in [6.45, 7) is 2.05. The molecule has 1 N–H and O–H groups in total. The number of hydrogen-bond acceptors (Lipinski definition) is 2. The Bertz CT molecular complexity index is 257. The molecule has 0 aromatic carbocycles. The number of H-pyrrole nitrogens is 1. The number of aryl methyl sites for hydroxylation is 2. The van der Waals surface area contributed by atoms with E-state index in [2.05, 4.69) is 16.0 Å². The van der Waals surface area contributed by atoms with Crippen LogP contribution >= 0.6 is 0 Å². The minimum absolute atomic E-state index is 0.561. The molecule has 0 spiro atoms. The van der Waals surface area contributed by atoms with Crippen LogP contribution in [-0.2, 0) is 12.8 Å². The van der Waals surface area contributed by atoms with Gasteiger partial charge in [-0.25, -0.2) is 4.98 Å². The standard InChI is InChI=1S/C8H11N3/c1-2-8-10-6-7(11-8)4-3-5-9/h6H,2-4H2,1H3,(H,10,11). The first kappa shape index (κ1) is 7.80. The summed E-state index contributed by atoms with van der Waals surface area (Å²) in [6.07, 6.45) is 4.07. The van der Waals surface area contributed by atoms with Crippen molar-refractivity contribution in [2.24, 2.45) is 0 Å². The van der Waals surface area contributed by atoms with Gasteiger partial charge in [0.2, 0.25) is 0 Å². The van der Waals surface area contributed by atoms with E-state index in [1.165, 1.54) is 0 Å². The molecule has 3 nitrogen and oxygen atoms in total. The monoisotopic (exact) mass is 149 g/mol. The summed E-state index contributed by atoms with van der Waals surface area (Å²) in [7, 11) is 0. The Balaban J connectivity index is 2.53. The van der Waals surface area contributed by atoms with Crippen LogP contribution in [0.2, 0.25) is 0 Å². The maximum absolute atomic E-state index is 8.31. The predicted molar refractivity (Wildman–Crippen MR) is 41.9 cm³/mol. The summed E-state index contributed by atoms with van der Waals surface area (Å²) in [5.41, 5.74) is 1.06. The molecule has 0 saturated carbocycles. The smallest absolute Gasteiger partial charge is 0.105 e. The Labute approximate surface area is 66.1 Å². The summed E-state index contributed by atoms with van der Waals surface area (Å²) in [6, 6.07) is 2.10. The molecule has 0 aliphatic carbocycles. The topological polar surface area (TPSA) is 52.5 Å². The van der Waals surface area contributed by atoms with E-state index in [1.54, 1.807) is 6.20 Å². The molecule has 0 radical (unpaired) electrons. The molecule has 1 heterocycles. The van der Waals surface area contributed by atoms with Gasteiger partial charge in [0, 0.05) is 31.2 Å². The Hall–Kier alpha value is -1.30. The van der Waals surface area contributed by atoms with Crippen molar-refractivity contribution in [3.63, 3.8) is 0 Å². The zero-order chi connectivity index (χ0) is 8.10. The van der Waals surface area contributed by atoms with Gasteiger partial charge in [-0.05, 0) is 0 Å².